The zero-order valence-electron chi connectivity index (χ0n) is 23.0. The van der Waals surface area contributed by atoms with E-state index in [1.54, 1.807) is 0 Å². The number of hydrogen-bond donors (Lipinski definition) is 1. The van der Waals surface area contributed by atoms with Crippen LogP contribution in [0, 0.1) is 0 Å². The average molecular weight is 466 g/mol. The largest absolute Gasteiger partial charge is 0.359 e. The number of carbonyl (C=O) groups excluding carboxylic acids is 1. The standard InChI is InChI=1S/C31H63NO/c1-2-3-4-5-6-7-8-9-10-11-12-13-14-15-16-17-18-19-20-21-22-23-24-25-26-27-28-29-30-32-31-33/h31H,2-30H2,1H3,(H,32,33). The van der Waals surface area contributed by atoms with Crippen LogP contribution in [0.4, 0.5) is 0 Å². The smallest absolute Gasteiger partial charge is 0.207 e. The summed E-state index contributed by atoms with van der Waals surface area (Å²) in [5, 5.41) is 2.74. The van der Waals surface area contributed by atoms with Gasteiger partial charge in [-0.25, -0.2) is 0 Å². The fourth-order valence-corrected chi connectivity index (χ4v) is 4.96. The number of unbranched alkanes of at least 4 members (excludes halogenated alkanes) is 27. The van der Waals surface area contributed by atoms with Crippen LogP contribution in [0.2, 0.25) is 0 Å². The topological polar surface area (TPSA) is 29.1 Å². The lowest BCUT2D eigenvalue weighted by Gasteiger charge is -2.04. The van der Waals surface area contributed by atoms with Crippen molar-refractivity contribution < 1.29 is 4.79 Å². The quantitative estimate of drug-likeness (QED) is 0.0829. The summed E-state index contributed by atoms with van der Waals surface area (Å²) in [7, 11) is 0. The van der Waals surface area contributed by atoms with E-state index in [1.807, 2.05) is 0 Å². The zero-order chi connectivity index (χ0) is 23.9. The van der Waals surface area contributed by atoms with Crippen LogP contribution in [0.25, 0.3) is 0 Å². The lowest BCUT2D eigenvalue weighted by molar-refractivity contribution is -0.109. The second kappa shape index (κ2) is 31.5. The second-order valence-electron chi connectivity index (χ2n) is 10.6. The Hall–Kier alpha value is -0.530. The highest BCUT2D eigenvalue weighted by Crippen LogP contribution is 2.16. The first-order valence-corrected chi connectivity index (χ1v) is 15.6. The van der Waals surface area contributed by atoms with Gasteiger partial charge in [-0.3, -0.25) is 4.79 Å². The van der Waals surface area contributed by atoms with Crippen LogP contribution in [-0.4, -0.2) is 13.0 Å². The Balaban J connectivity index is 2.99. The van der Waals surface area contributed by atoms with E-state index in [2.05, 4.69) is 12.2 Å². The van der Waals surface area contributed by atoms with Crippen molar-refractivity contribution in [2.45, 2.75) is 187 Å². The van der Waals surface area contributed by atoms with Gasteiger partial charge in [-0.05, 0) is 6.42 Å². The van der Waals surface area contributed by atoms with Gasteiger partial charge in [0.1, 0.15) is 0 Å². The molecule has 0 saturated heterocycles. The van der Waals surface area contributed by atoms with Crippen molar-refractivity contribution >= 4 is 6.41 Å². The summed E-state index contributed by atoms with van der Waals surface area (Å²) in [4.78, 5) is 10.1. The molecule has 1 amide bonds. The molecule has 0 aromatic carbocycles. The molecule has 0 atom stereocenters. The summed E-state index contributed by atoms with van der Waals surface area (Å²) in [6, 6.07) is 0. The highest BCUT2D eigenvalue weighted by molar-refractivity contribution is 5.45. The third-order valence-electron chi connectivity index (χ3n) is 7.26. The molecule has 0 spiro atoms. The fraction of sp³-hybridized carbons (Fsp3) is 0.968. The van der Waals surface area contributed by atoms with Gasteiger partial charge >= 0.3 is 0 Å². The first-order valence-electron chi connectivity index (χ1n) is 15.6. The van der Waals surface area contributed by atoms with Crippen LogP contribution < -0.4 is 5.32 Å². The Morgan fingerprint density at radius 1 is 0.364 bits per heavy atom. The number of hydrogen-bond acceptors (Lipinski definition) is 1. The molecule has 0 aliphatic rings. The van der Waals surface area contributed by atoms with Crippen LogP contribution in [0.5, 0.6) is 0 Å². The fourth-order valence-electron chi connectivity index (χ4n) is 4.96. The first kappa shape index (κ1) is 32.5. The molecule has 198 valence electrons. The average Bonchev–Trinajstić information content (AvgIpc) is 2.83. The van der Waals surface area contributed by atoms with Gasteiger partial charge in [0.05, 0.1) is 0 Å². The minimum absolute atomic E-state index is 0.807. The van der Waals surface area contributed by atoms with Crippen LogP contribution in [0.1, 0.15) is 187 Å². The van der Waals surface area contributed by atoms with Crippen molar-refractivity contribution in [3.8, 4) is 0 Å². The molecule has 0 aromatic rings. The monoisotopic (exact) mass is 465 g/mol. The number of amides is 1. The molecule has 0 aromatic heterocycles. The minimum Gasteiger partial charge on any atom is -0.359 e. The van der Waals surface area contributed by atoms with Gasteiger partial charge in [0, 0.05) is 6.54 Å². The first-order chi connectivity index (χ1) is 16.4. The van der Waals surface area contributed by atoms with E-state index in [4.69, 9.17) is 0 Å². The van der Waals surface area contributed by atoms with E-state index in [9.17, 15) is 4.79 Å². The summed E-state index contributed by atoms with van der Waals surface area (Å²) in [6.45, 7) is 3.15. The summed E-state index contributed by atoms with van der Waals surface area (Å²) < 4.78 is 0. The highest BCUT2D eigenvalue weighted by atomic mass is 16.1. The molecule has 0 aliphatic heterocycles. The molecular weight excluding hydrogens is 402 g/mol. The normalized spacial score (nSPS) is 11.2. The van der Waals surface area contributed by atoms with Gasteiger partial charge in [-0.15, -0.1) is 0 Å². The van der Waals surface area contributed by atoms with E-state index in [0.29, 0.717) is 0 Å². The molecule has 0 radical (unpaired) electrons. The summed E-state index contributed by atoms with van der Waals surface area (Å²) >= 11 is 0. The molecule has 0 unspecified atom stereocenters. The molecule has 0 heterocycles. The van der Waals surface area contributed by atoms with Gasteiger partial charge < -0.3 is 5.32 Å². The van der Waals surface area contributed by atoms with E-state index in [1.165, 1.54) is 173 Å². The van der Waals surface area contributed by atoms with Gasteiger partial charge in [-0.2, -0.15) is 0 Å². The van der Waals surface area contributed by atoms with Crippen molar-refractivity contribution in [3.05, 3.63) is 0 Å². The van der Waals surface area contributed by atoms with Gasteiger partial charge in [-0.1, -0.05) is 180 Å². The lowest BCUT2D eigenvalue weighted by atomic mass is 10.0. The Morgan fingerprint density at radius 3 is 0.788 bits per heavy atom. The van der Waals surface area contributed by atoms with Gasteiger partial charge in [0.25, 0.3) is 0 Å². The molecule has 0 fully saturated rings. The minimum atomic E-state index is 0.807. The number of carbonyl (C=O) groups is 1. The van der Waals surface area contributed by atoms with Gasteiger partial charge in [0.2, 0.25) is 6.41 Å². The van der Waals surface area contributed by atoms with Crippen molar-refractivity contribution in [2.24, 2.45) is 0 Å². The second-order valence-corrected chi connectivity index (χ2v) is 10.6. The van der Waals surface area contributed by atoms with Crippen LogP contribution in [-0.2, 0) is 4.79 Å². The van der Waals surface area contributed by atoms with Crippen molar-refractivity contribution in [1.29, 1.82) is 0 Å². The van der Waals surface area contributed by atoms with Crippen molar-refractivity contribution in [2.75, 3.05) is 6.54 Å². The van der Waals surface area contributed by atoms with E-state index >= 15 is 0 Å². The maximum Gasteiger partial charge on any atom is 0.207 e. The lowest BCUT2D eigenvalue weighted by Crippen LogP contribution is -2.11. The summed E-state index contributed by atoms with van der Waals surface area (Å²) in [5.74, 6) is 0. The molecule has 33 heavy (non-hydrogen) atoms. The van der Waals surface area contributed by atoms with Crippen LogP contribution in [0.3, 0.4) is 0 Å². The maximum absolute atomic E-state index is 10.1. The molecule has 0 aliphatic carbocycles. The third kappa shape index (κ3) is 31.5. The van der Waals surface area contributed by atoms with E-state index < -0.39 is 0 Å². The molecule has 0 rings (SSSR count). The highest BCUT2D eigenvalue weighted by Gasteiger charge is 1.96. The number of rotatable bonds is 30. The molecular formula is C31H63NO. The molecule has 0 saturated carbocycles. The molecule has 2 heteroatoms. The van der Waals surface area contributed by atoms with Crippen LogP contribution >= 0.6 is 0 Å². The third-order valence-corrected chi connectivity index (χ3v) is 7.26. The molecule has 2 nitrogen and oxygen atoms in total. The Bertz CT molecular complexity index is 344. The van der Waals surface area contributed by atoms with Crippen molar-refractivity contribution in [3.63, 3.8) is 0 Å². The SMILES string of the molecule is CCCCCCCCCCCCCCCCCCCCCCCCCCCCCCNC=O. The van der Waals surface area contributed by atoms with E-state index in [0.717, 1.165) is 19.4 Å². The predicted octanol–water partition coefficient (Wildman–Crippen LogP) is 10.7. The maximum atomic E-state index is 10.1. The Kier molecular flexibility index (Phi) is 31.0. The zero-order valence-corrected chi connectivity index (χ0v) is 23.0. The summed E-state index contributed by atoms with van der Waals surface area (Å²) in [6.07, 6.45) is 41.0. The molecule has 0 bridgehead atoms. The molecule has 1 N–H and O–H groups in total. The Morgan fingerprint density at radius 2 is 0.576 bits per heavy atom. The number of nitrogens with one attached hydrogen (secondary N) is 1. The summed E-state index contributed by atoms with van der Waals surface area (Å²) in [5.41, 5.74) is 0. The Labute approximate surface area is 209 Å². The van der Waals surface area contributed by atoms with Crippen molar-refractivity contribution in [1.82, 2.24) is 5.32 Å². The predicted molar refractivity (Wildman–Crippen MR) is 149 cm³/mol. The van der Waals surface area contributed by atoms with Gasteiger partial charge in [0.15, 0.2) is 0 Å². The van der Waals surface area contributed by atoms with E-state index in [-0.39, 0.29) is 0 Å². The van der Waals surface area contributed by atoms with Crippen LogP contribution in [0.15, 0.2) is 0 Å².